The summed E-state index contributed by atoms with van der Waals surface area (Å²) in [6.07, 6.45) is 0. The van der Waals surface area contributed by atoms with Gasteiger partial charge in [-0.1, -0.05) is 12.1 Å². The van der Waals surface area contributed by atoms with Gasteiger partial charge in [-0.3, -0.25) is 0 Å². The van der Waals surface area contributed by atoms with Gasteiger partial charge in [0.25, 0.3) is 0 Å². The van der Waals surface area contributed by atoms with Gasteiger partial charge in [0.15, 0.2) is 0 Å². The van der Waals surface area contributed by atoms with Crippen molar-refractivity contribution in [3.63, 3.8) is 0 Å². The van der Waals surface area contributed by atoms with Crippen molar-refractivity contribution in [2.45, 2.75) is 6.92 Å². The predicted octanol–water partition coefficient (Wildman–Crippen LogP) is 2.58. The number of nitrogens with zero attached hydrogens (tertiary/aromatic N) is 1. The first-order valence-electron chi connectivity index (χ1n) is 4.00. The first kappa shape index (κ1) is 13.6. The molecule has 1 aromatic carbocycles. The van der Waals surface area contributed by atoms with Gasteiger partial charge in [-0.25, -0.2) is 0 Å². The molecule has 0 saturated heterocycles. The molecule has 1 aromatic rings. The lowest BCUT2D eigenvalue weighted by Gasteiger charge is -2.15. The summed E-state index contributed by atoms with van der Waals surface area (Å²) in [6.45, 7) is 2.06. The summed E-state index contributed by atoms with van der Waals surface area (Å²) in [7, 11) is 3.54. The molecule has 80 valence electrons. The van der Waals surface area contributed by atoms with E-state index in [0.29, 0.717) is 0 Å². The molecule has 0 aliphatic heterocycles. The average molecular weight is 232 g/mol. The Morgan fingerprint density at radius 3 is 2.71 bits per heavy atom. The van der Waals surface area contributed by atoms with E-state index in [4.69, 9.17) is 4.18 Å². The monoisotopic (exact) mass is 232 g/mol. The number of hydrogen-bond donors (Lipinski definition) is 1. The summed E-state index contributed by atoms with van der Waals surface area (Å²) in [5, 5.41) is 0. The summed E-state index contributed by atoms with van der Waals surface area (Å²) >= 11 is 1.25. The minimum atomic E-state index is 0. The summed E-state index contributed by atoms with van der Waals surface area (Å²) in [4.78, 5) is 0. The maximum atomic E-state index is 4.89. The molecule has 0 heterocycles. The third-order valence-corrected chi connectivity index (χ3v) is 1.95. The quantitative estimate of drug-likeness (QED) is 0.490. The van der Waals surface area contributed by atoms with Gasteiger partial charge < -0.3 is 9.61 Å². The van der Waals surface area contributed by atoms with Crippen LogP contribution in [0, 0.1) is 6.92 Å². The Morgan fingerprint density at radius 1 is 1.43 bits per heavy atom. The lowest BCUT2D eigenvalue weighted by atomic mass is 10.2. The summed E-state index contributed by atoms with van der Waals surface area (Å²) < 4.78 is 6.69. The standard InChI is InChI=1S/C9H14N2OS.H2S/c1-8-5-4-6-9(7-8)10-11(2)13-12-3;/h4-7,10H,1-3H3;1H2. The van der Waals surface area contributed by atoms with Crippen molar-refractivity contribution >= 4 is 31.4 Å². The molecule has 0 aromatic heterocycles. The number of nitrogens with one attached hydrogen (secondary N) is 1. The molecular formula is C9H16N2OS2. The summed E-state index contributed by atoms with van der Waals surface area (Å²) in [5.74, 6) is 0. The van der Waals surface area contributed by atoms with Crippen molar-refractivity contribution in [3.05, 3.63) is 29.8 Å². The third-order valence-electron chi connectivity index (χ3n) is 1.49. The van der Waals surface area contributed by atoms with Gasteiger partial charge in [-0.15, -0.1) is 4.41 Å². The van der Waals surface area contributed by atoms with Crippen LogP contribution in [0.25, 0.3) is 0 Å². The van der Waals surface area contributed by atoms with Gasteiger partial charge in [0.1, 0.15) is 12.2 Å². The zero-order valence-corrected chi connectivity index (χ0v) is 10.4. The van der Waals surface area contributed by atoms with Crippen molar-refractivity contribution < 1.29 is 4.18 Å². The highest BCUT2D eigenvalue weighted by Gasteiger charge is 1.97. The molecule has 0 unspecified atom stereocenters. The average Bonchev–Trinajstić information content (AvgIpc) is 2.04. The van der Waals surface area contributed by atoms with Crippen molar-refractivity contribution in [2.24, 2.45) is 0 Å². The molecule has 14 heavy (non-hydrogen) atoms. The van der Waals surface area contributed by atoms with Crippen LogP contribution in [0.1, 0.15) is 5.56 Å². The van der Waals surface area contributed by atoms with Gasteiger partial charge in [-0.2, -0.15) is 13.5 Å². The highest BCUT2D eigenvalue weighted by molar-refractivity contribution is 7.92. The van der Waals surface area contributed by atoms with Gasteiger partial charge in [0.2, 0.25) is 0 Å². The first-order chi connectivity index (χ1) is 6.22. The maximum Gasteiger partial charge on any atom is 0.102 e. The number of benzene rings is 1. The van der Waals surface area contributed by atoms with Crippen molar-refractivity contribution in [2.75, 3.05) is 19.6 Å². The van der Waals surface area contributed by atoms with E-state index in [1.54, 1.807) is 11.5 Å². The number of hydrazine groups is 1. The van der Waals surface area contributed by atoms with Crippen LogP contribution in [0.5, 0.6) is 0 Å². The molecule has 0 saturated carbocycles. The molecule has 0 atom stereocenters. The highest BCUT2D eigenvalue weighted by Crippen LogP contribution is 2.13. The Morgan fingerprint density at radius 2 is 2.14 bits per heavy atom. The van der Waals surface area contributed by atoms with Gasteiger partial charge in [-0.05, 0) is 24.6 Å². The normalized spacial score (nSPS) is 9.71. The molecule has 5 heteroatoms. The number of rotatable bonds is 4. The molecule has 0 radical (unpaired) electrons. The molecule has 0 aliphatic rings. The fourth-order valence-electron chi connectivity index (χ4n) is 1.03. The molecule has 1 N–H and O–H groups in total. The second-order valence-corrected chi connectivity index (χ2v) is 3.75. The van der Waals surface area contributed by atoms with Crippen LogP contribution < -0.4 is 5.43 Å². The van der Waals surface area contributed by atoms with E-state index in [2.05, 4.69) is 24.5 Å². The minimum Gasteiger partial charge on any atom is -0.308 e. The topological polar surface area (TPSA) is 24.5 Å². The van der Waals surface area contributed by atoms with Crippen LogP contribution in [0.2, 0.25) is 0 Å². The zero-order valence-electron chi connectivity index (χ0n) is 8.57. The second kappa shape index (κ2) is 7.00. The van der Waals surface area contributed by atoms with Crippen LogP contribution in [0.4, 0.5) is 5.69 Å². The van der Waals surface area contributed by atoms with Crippen LogP contribution in [-0.2, 0) is 4.18 Å². The van der Waals surface area contributed by atoms with E-state index in [-0.39, 0.29) is 13.5 Å². The van der Waals surface area contributed by atoms with E-state index in [0.717, 1.165) is 5.69 Å². The third kappa shape index (κ3) is 4.76. The second-order valence-electron chi connectivity index (χ2n) is 2.72. The Hall–Kier alpha value is -0.360. The number of anilines is 1. The highest BCUT2D eigenvalue weighted by atomic mass is 32.2. The lowest BCUT2D eigenvalue weighted by molar-refractivity contribution is 0.455. The van der Waals surface area contributed by atoms with Crippen LogP contribution in [0.3, 0.4) is 0 Å². The number of aryl methyl sites for hydroxylation is 1. The minimum absolute atomic E-state index is 0. The van der Waals surface area contributed by atoms with Crippen LogP contribution in [0.15, 0.2) is 24.3 Å². The molecule has 0 amide bonds. The Bertz CT molecular complexity index is 271. The largest absolute Gasteiger partial charge is 0.308 e. The molecule has 0 bridgehead atoms. The Kier molecular flexibility index (Phi) is 6.82. The summed E-state index contributed by atoms with van der Waals surface area (Å²) in [6, 6.07) is 8.17. The van der Waals surface area contributed by atoms with E-state index in [1.165, 1.54) is 17.8 Å². The molecule has 3 nitrogen and oxygen atoms in total. The molecule has 0 aliphatic carbocycles. The van der Waals surface area contributed by atoms with Crippen molar-refractivity contribution in [1.82, 2.24) is 4.41 Å². The molecule has 0 fully saturated rings. The fraction of sp³-hybridized carbons (Fsp3) is 0.333. The van der Waals surface area contributed by atoms with E-state index in [1.807, 2.05) is 19.2 Å². The Labute approximate surface area is 96.6 Å². The van der Waals surface area contributed by atoms with Gasteiger partial charge in [0, 0.05) is 7.05 Å². The maximum absolute atomic E-state index is 4.89. The van der Waals surface area contributed by atoms with Crippen LogP contribution >= 0.6 is 25.7 Å². The lowest BCUT2D eigenvalue weighted by Crippen LogP contribution is -2.17. The van der Waals surface area contributed by atoms with E-state index < -0.39 is 0 Å². The van der Waals surface area contributed by atoms with Gasteiger partial charge >= 0.3 is 0 Å². The van der Waals surface area contributed by atoms with E-state index >= 15 is 0 Å². The first-order valence-corrected chi connectivity index (χ1v) is 4.70. The zero-order chi connectivity index (χ0) is 9.68. The van der Waals surface area contributed by atoms with Crippen LogP contribution in [-0.4, -0.2) is 18.6 Å². The molecule has 1 rings (SSSR count). The van der Waals surface area contributed by atoms with Crippen molar-refractivity contribution in [3.8, 4) is 0 Å². The summed E-state index contributed by atoms with van der Waals surface area (Å²) in [5.41, 5.74) is 5.45. The predicted molar refractivity (Wildman–Crippen MR) is 67.5 cm³/mol. The number of hydrogen-bond acceptors (Lipinski definition) is 4. The van der Waals surface area contributed by atoms with Gasteiger partial charge in [0.05, 0.1) is 12.8 Å². The SMILES string of the molecule is COSN(C)Nc1cccc(C)c1.S. The fourth-order valence-corrected chi connectivity index (χ4v) is 1.39. The molecule has 0 spiro atoms. The molecular weight excluding hydrogens is 216 g/mol. The van der Waals surface area contributed by atoms with E-state index in [9.17, 15) is 0 Å². The Balaban J connectivity index is 0.00000169. The van der Waals surface area contributed by atoms with Crippen molar-refractivity contribution in [1.29, 1.82) is 0 Å². The smallest absolute Gasteiger partial charge is 0.102 e.